The lowest BCUT2D eigenvalue weighted by Crippen LogP contribution is -2.43. The summed E-state index contributed by atoms with van der Waals surface area (Å²) in [5.41, 5.74) is 11.1. The van der Waals surface area contributed by atoms with E-state index in [4.69, 9.17) is 15.2 Å². The van der Waals surface area contributed by atoms with Crippen LogP contribution in [0.5, 0.6) is 5.75 Å². The topological polar surface area (TPSA) is 116 Å². The van der Waals surface area contributed by atoms with Gasteiger partial charge in [0.15, 0.2) is 0 Å². The van der Waals surface area contributed by atoms with E-state index in [2.05, 4.69) is 16.0 Å². The first-order valence-corrected chi connectivity index (χ1v) is 15.5. The van der Waals surface area contributed by atoms with Crippen molar-refractivity contribution >= 4 is 38.4 Å². The maximum absolute atomic E-state index is 12.6. The molecule has 0 radical (unpaired) electrons. The molecule has 3 N–H and O–H groups in total. The van der Waals surface area contributed by atoms with Crippen LogP contribution < -0.4 is 15.8 Å². The molecule has 9 nitrogen and oxygen atoms in total. The van der Waals surface area contributed by atoms with Crippen molar-refractivity contribution in [1.82, 2.24) is 8.87 Å². The fraction of sp³-hybridized carbons (Fsp3) is 0.483. The highest BCUT2D eigenvalue weighted by atomic mass is 32.2. The number of hydrogen-bond donors (Lipinski definition) is 2. The molecular formula is C29H36N4O5S. The highest BCUT2D eigenvalue weighted by molar-refractivity contribution is 7.90. The molecule has 0 bridgehead atoms. The van der Waals surface area contributed by atoms with Crippen molar-refractivity contribution < 1.29 is 22.7 Å². The Hall–Kier alpha value is -3.24. The molecule has 0 atom stereocenters. The number of hydrogen-bond acceptors (Lipinski definition) is 6. The van der Waals surface area contributed by atoms with E-state index in [1.54, 1.807) is 4.31 Å². The molecule has 1 aromatic heterocycles. The summed E-state index contributed by atoms with van der Waals surface area (Å²) in [6.07, 6.45) is 5.14. The summed E-state index contributed by atoms with van der Waals surface area (Å²) >= 11 is 0. The summed E-state index contributed by atoms with van der Waals surface area (Å²) in [5, 5.41) is 3.62. The van der Waals surface area contributed by atoms with Gasteiger partial charge in [0, 0.05) is 41.8 Å². The molecule has 10 heteroatoms. The standard InChI is InChI=1S/C29H36N4O5S/c1-2-37-23-10-13-25-26(18-23)33(21-4-3-5-21)28(27(25)30)19-6-8-20(9-7-19)31-29(34)38-22-14-16-32(17-15-22)39(35,36)24-11-12-24/h6-10,13,18,21-22,24H,2-5,11-12,14-17,30H2,1H3,(H,31,34). The van der Waals surface area contributed by atoms with Crippen molar-refractivity contribution in [3.8, 4) is 17.0 Å². The van der Waals surface area contributed by atoms with Crippen molar-refractivity contribution in [3.05, 3.63) is 42.5 Å². The third-order valence-corrected chi connectivity index (χ3v) is 10.5. The van der Waals surface area contributed by atoms with E-state index >= 15 is 0 Å². The molecule has 0 spiro atoms. The van der Waals surface area contributed by atoms with Crippen molar-refractivity contribution in [3.63, 3.8) is 0 Å². The van der Waals surface area contributed by atoms with Crippen molar-refractivity contribution in [2.45, 2.75) is 69.3 Å². The van der Waals surface area contributed by atoms with Crippen LogP contribution in [-0.4, -0.2) is 54.4 Å². The van der Waals surface area contributed by atoms with E-state index < -0.39 is 16.1 Å². The number of aromatic nitrogens is 1. The number of nitrogens with zero attached hydrogens (tertiary/aromatic N) is 2. The molecule has 3 aliphatic rings. The minimum atomic E-state index is -3.18. The number of piperidine rings is 1. The second-order valence-electron chi connectivity index (χ2n) is 10.8. The van der Waals surface area contributed by atoms with Gasteiger partial charge in [0.05, 0.1) is 28.8 Å². The number of amides is 1. The molecule has 1 amide bonds. The molecule has 2 aliphatic carbocycles. The lowest BCUT2D eigenvalue weighted by Gasteiger charge is -2.31. The zero-order chi connectivity index (χ0) is 27.1. The van der Waals surface area contributed by atoms with E-state index in [9.17, 15) is 13.2 Å². The molecule has 3 fully saturated rings. The van der Waals surface area contributed by atoms with Crippen molar-refractivity contribution in [2.24, 2.45) is 0 Å². The smallest absolute Gasteiger partial charge is 0.411 e. The molecule has 39 heavy (non-hydrogen) atoms. The predicted molar refractivity (Wildman–Crippen MR) is 152 cm³/mol. The fourth-order valence-electron chi connectivity index (χ4n) is 5.68. The largest absolute Gasteiger partial charge is 0.494 e. The molecule has 2 aromatic carbocycles. The Labute approximate surface area is 229 Å². The van der Waals surface area contributed by atoms with Gasteiger partial charge in [0.25, 0.3) is 0 Å². The average molecular weight is 553 g/mol. The van der Waals surface area contributed by atoms with Gasteiger partial charge in [0.1, 0.15) is 11.9 Å². The summed E-state index contributed by atoms with van der Waals surface area (Å²) in [4.78, 5) is 12.6. The van der Waals surface area contributed by atoms with Crippen LogP contribution in [0.3, 0.4) is 0 Å². The van der Waals surface area contributed by atoms with Gasteiger partial charge in [-0.3, -0.25) is 5.32 Å². The third kappa shape index (κ3) is 5.07. The number of nitrogens with one attached hydrogen (secondary N) is 1. The van der Waals surface area contributed by atoms with Gasteiger partial charge < -0.3 is 19.8 Å². The van der Waals surface area contributed by atoms with Crippen molar-refractivity contribution in [1.29, 1.82) is 0 Å². The number of benzene rings is 2. The van der Waals surface area contributed by atoms with E-state index in [0.717, 1.165) is 59.3 Å². The molecule has 2 heterocycles. The van der Waals surface area contributed by atoms with Gasteiger partial charge in [-0.25, -0.2) is 17.5 Å². The Morgan fingerprint density at radius 3 is 2.36 bits per heavy atom. The second-order valence-corrected chi connectivity index (χ2v) is 13.0. The van der Waals surface area contributed by atoms with Crippen LogP contribution in [0.1, 0.15) is 57.9 Å². The molecule has 1 aliphatic heterocycles. The number of rotatable bonds is 8. The number of carbonyl (C=O) groups is 1. The summed E-state index contributed by atoms with van der Waals surface area (Å²) in [7, 11) is -3.18. The van der Waals surface area contributed by atoms with Gasteiger partial charge in [-0.2, -0.15) is 0 Å². The van der Waals surface area contributed by atoms with Crippen molar-refractivity contribution in [2.75, 3.05) is 30.7 Å². The monoisotopic (exact) mass is 552 g/mol. The first kappa shape index (κ1) is 26.0. The van der Waals surface area contributed by atoms with Crippen LogP contribution in [0.2, 0.25) is 0 Å². The van der Waals surface area contributed by atoms with Crippen LogP contribution in [0.15, 0.2) is 42.5 Å². The molecule has 6 rings (SSSR count). The number of sulfonamides is 1. The molecular weight excluding hydrogens is 516 g/mol. The quantitative estimate of drug-likeness (QED) is 0.380. The zero-order valence-corrected chi connectivity index (χ0v) is 23.1. The summed E-state index contributed by atoms with van der Waals surface area (Å²) < 4.78 is 40.1. The van der Waals surface area contributed by atoms with Gasteiger partial charge in [-0.1, -0.05) is 12.1 Å². The SMILES string of the molecule is CCOc1ccc2c(N)c(-c3ccc(NC(=O)OC4CCN(S(=O)(=O)C5CC5)CC4)cc3)n(C3CCC3)c2c1. The summed E-state index contributed by atoms with van der Waals surface area (Å²) in [5.74, 6) is 0.836. The summed E-state index contributed by atoms with van der Waals surface area (Å²) in [6, 6.07) is 14.1. The van der Waals surface area contributed by atoms with E-state index in [1.807, 2.05) is 43.3 Å². The number of ether oxygens (including phenoxy) is 2. The maximum atomic E-state index is 12.6. The zero-order valence-electron chi connectivity index (χ0n) is 22.3. The Morgan fingerprint density at radius 2 is 1.74 bits per heavy atom. The number of carbonyl (C=O) groups excluding carboxylic acids is 1. The van der Waals surface area contributed by atoms with Crippen LogP contribution in [-0.2, 0) is 14.8 Å². The second kappa shape index (κ2) is 10.4. The molecule has 208 valence electrons. The number of fused-ring (bicyclic) bond motifs is 1. The Kier molecular flexibility index (Phi) is 6.93. The highest BCUT2D eigenvalue weighted by Gasteiger charge is 2.41. The van der Waals surface area contributed by atoms with Gasteiger partial charge in [-0.15, -0.1) is 0 Å². The molecule has 1 saturated heterocycles. The molecule has 0 unspecified atom stereocenters. The average Bonchev–Trinajstić information content (AvgIpc) is 3.71. The van der Waals surface area contributed by atoms with Crippen LogP contribution in [0.25, 0.3) is 22.2 Å². The van der Waals surface area contributed by atoms with E-state index in [-0.39, 0.29) is 11.4 Å². The van der Waals surface area contributed by atoms with Crippen LogP contribution in [0, 0.1) is 0 Å². The Morgan fingerprint density at radius 1 is 1.03 bits per heavy atom. The van der Waals surface area contributed by atoms with E-state index in [0.29, 0.717) is 44.3 Å². The lowest BCUT2D eigenvalue weighted by atomic mass is 9.92. The molecule has 3 aromatic rings. The number of nitrogens with two attached hydrogens (primary N) is 1. The highest BCUT2D eigenvalue weighted by Crippen LogP contribution is 2.45. The normalized spacial score (nSPS) is 19.1. The maximum Gasteiger partial charge on any atom is 0.411 e. The number of anilines is 2. The summed E-state index contributed by atoms with van der Waals surface area (Å²) in [6.45, 7) is 3.38. The first-order chi connectivity index (χ1) is 18.8. The number of nitrogen functional groups attached to an aromatic ring is 1. The fourth-order valence-corrected chi connectivity index (χ4v) is 7.56. The Bertz CT molecular complexity index is 1470. The minimum Gasteiger partial charge on any atom is -0.494 e. The van der Waals surface area contributed by atoms with Crippen LogP contribution in [0.4, 0.5) is 16.2 Å². The van der Waals surface area contributed by atoms with Crippen LogP contribution >= 0.6 is 0 Å². The first-order valence-electron chi connectivity index (χ1n) is 14.0. The van der Waals surface area contributed by atoms with Gasteiger partial charge >= 0.3 is 6.09 Å². The van der Waals surface area contributed by atoms with E-state index in [1.165, 1.54) is 6.42 Å². The Balaban J connectivity index is 1.14. The predicted octanol–water partition coefficient (Wildman–Crippen LogP) is 5.52. The van der Waals surface area contributed by atoms with Gasteiger partial charge in [-0.05, 0) is 76.1 Å². The minimum absolute atomic E-state index is 0.209. The lowest BCUT2D eigenvalue weighted by molar-refractivity contribution is 0.0773. The molecule has 2 saturated carbocycles. The van der Waals surface area contributed by atoms with Gasteiger partial charge in [0.2, 0.25) is 10.0 Å². The third-order valence-electron chi connectivity index (χ3n) is 8.15.